The molecular formula is C28H21FN4O4S. The molecule has 0 bridgehead atoms. The minimum atomic E-state index is -2.21. The van der Waals surface area contributed by atoms with Crippen molar-refractivity contribution in [1.82, 2.24) is 18.7 Å². The summed E-state index contributed by atoms with van der Waals surface area (Å²) in [4.78, 5) is 22.0. The van der Waals surface area contributed by atoms with Gasteiger partial charge in [0.25, 0.3) is 5.79 Å². The van der Waals surface area contributed by atoms with Crippen LogP contribution in [0.15, 0.2) is 72.6 Å². The van der Waals surface area contributed by atoms with E-state index in [-0.39, 0.29) is 28.9 Å². The average Bonchev–Trinajstić information content (AvgIpc) is 3.49. The highest BCUT2D eigenvalue weighted by Gasteiger charge is 2.48. The Morgan fingerprint density at radius 2 is 1.76 bits per heavy atom. The maximum atomic E-state index is 15.0. The maximum absolute atomic E-state index is 15.0. The quantitative estimate of drug-likeness (QED) is 0.296. The fourth-order valence-electron chi connectivity index (χ4n) is 4.57. The molecular weight excluding hydrogens is 507 g/mol. The standard InChI is InChI=1S/C28H21FN4O4S/c1-2-11-36-25-8-5-18(15-20(25)29)28(35)19(12-16-3-6-21-23(13-16)31-10-9-30-21)26(27(34)37-28)17-4-7-22-24(14-17)33-38-32-22/h3-10,13-15,35H,2,11-12H2,1H3. The summed E-state index contributed by atoms with van der Waals surface area (Å²) in [5.41, 5.74) is 4.52. The first kappa shape index (κ1) is 24.1. The fourth-order valence-corrected chi connectivity index (χ4v) is 5.09. The molecule has 1 aliphatic rings. The number of hydrogen-bond donors (Lipinski definition) is 1. The van der Waals surface area contributed by atoms with Gasteiger partial charge in [-0.15, -0.1) is 0 Å². The number of halogens is 1. The lowest BCUT2D eigenvalue weighted by atomic mass is 9.88. The molecule has 190 valence electrons. The van der Waals surface area contributed by atoms with Gasteiger partial charge in [-0.1, -0.05) is 19.1 Å². The average molecular weight is 529 g/mol. The molecule has 0 saturated heterocycles. The van der Waals surface area contributed by atoms with Crippen LogP contribution in [0.4, 0.5) is 4.39 Å². The van der Waals surface area contributed by atoms with Gasteiger partial charge in [-0.05, 0) is 60.0 Å². The van der Waals surface area contributed by atoms with Crippen molar-refractivity contribution in [2.24, 2.45) is 0 Å². The summed E-state index contributed by atoms with van der Waals surface area (Å²) in [5.74, 6) is -3.53. The van der Waals surface area contributed by atoms with Crippen LogP contribution < -0.4 is 4.74 Å². The lowest BCUT2D eigenvalue weighted by molar-refractivity contribution is -0.185. The maximum Gasteiger partial charge on any atom is 0.342 e. The van der Waals surface area contributed by atoms with E-state index in [1.807, 2.05) is 25.1 Å². The number of cyclic esters (lactones) is 1. The third-order valence-corrected chi connectivity index (χ3v) is 6.95. The molecule has 3 heterocycles. The highest BCUT2D eigenvalue weighted by molar-refractivity contribution is 7.00. The minimum absolute atomic E-state index is 0.0591. The van der Waals surface area contributed by atoms with Crippen molar-refractivity contribution in [2.45, 2.75) is 25.6 Å². The second-order valence-corrected chi connectivity index (χ2v) is 9.43. The molecule has 0 amide bonds. The Hall–Kier alpha value is -4.28. The molecule has 1 atom stereocenters. The van der Waals surface area contributed by atoms with Crippen molar-refractivity contribution in [3.63, 3.8) is 0 Å². The third-order valence-electron chi connectivity index (χ3n) is 6.40. The van der Waals surface area contributed by atoms with E-state index in [2.05, 4.69) is 18.7 Å². The highest BCUT2D eigenvalue weighted by atomic mass is 32.1. The van der Waals surface area contributed by atoms with Crippen LogP contribution in [-0.2, 0) is 21.7 Å². The summed E-state index contributed by atoms with van der Waals surface area (Å²) in [7, 11) is 0. The Bertz CT molecular complexity index is 1740. The van der Waals surface area contributed by atoms with E-state index in [9.17, 15) is 14.3 Å². The first-order chi connectivity index (χ1) is 18.5. The molecule has 38 heavy (non-hydrogen) atoms. The van der Waals surface area contributed by atoms with Gasteiger partial charge in [0.2, 0.25) is 0 Å². The van der Waals surface area contributed by atoms with E-state index in [1.165, 1.54) is 12.1 Å². The van der Waals surface area contributed by atoms with Crippen LogP contribution >= 0.6 is 11.7 Å². The van der Waals surface area contributed by atoms with Crippen LogP contribution in [0.2, 0.25) is 0 Å². The normalized spacial score (nSPS) is 17.4. The zero-order valence-electron chi connectivity index (χ0n) is 20.2. The van der Waals surface area contributed by atoms with Gasteiger partial charge in [0, 0.05) is 30.0 Å². The monoisotopic (exact) mass is 528 g/mol. The molecule has 3 aromatic carbocycles. The Labute approximate surface area is 220 Å². The number of nitrogens with zero attached hydrogens (tertiary/aromatic N) is 4. The molecule has 10 heteroatoms. The summed E-state index contributed by atoms with van der Waals surface area (Å²) < 4.78 is 34.5. The predicted molar refractivity (Wildman–Crippen MR) is 140 cm³/mol. The van der Waals surface area contributed by atoms with Crippen molar-refractivity contribution in [3.8, 4) is 5.75 Å². The molecule has 2 aromatic heterocycles. The number of ether oxygens (including phenoxy) is 2. The SMILES string of the molecule is CCCOc1ccc(C2(O)OC(=O)C(c3ccc4nsnc4c3)=C2Cc2ccc3nccnc3c2)cc1F. The molecule has 5 aromatic rings. The Kier molecular flexibility index (Phi) is 6.05. The number of carbonyl (C=O) groups is 1. The second-order valence-electron chi connectivity index (χ2n) is 8.90. The fraction of sp³-hybridized carbons (Fsp3) is 0.179. The van der Waals surface area contributed by atoms with Crippen LogP contribution in [0.25, 0.3) is 27.6 Å². The zero-order valence-corrected chi connectivity index (χ0v) is 21.0. The van der Waals surface area contributed by atoms with Crippen molar-refractivity contribution >= 4 is 45.3 Å². The van der Waals surface area contributed by atoms with Crippen LogP contribution in [-0.4, -0.2) is 36.4 Å². The summed E-state index contributed by atoms with van der Waals surface area (Å²) in [6, 6.07) is 14.8. The van der Waals surface area contributed by atoms with Crippen molar-refractivity contribution in [3.05, 3.63) is 95.1 Å². The van der Waals surface area contributed by atoms with Gasteiger partial charge in [-0.3, -0.25) is 9.97 Å². The van der Waals surface area contributed by atoms with E-state index in [0.29, 0.717) is 40.7 Å². The third kappa shape index (κ3) is 4.17. The lowest BCUT2D eigenvalue weighted by Crippen LogP contribution is -2.30. The molecule has 1 aliphatic heterocycles. The number of hydrogen-bond acceptors (Lipinski definition) is 9. The molecule has 0 spiro atoms. The highest BCUT2D eigenvalue weighted by Crippen LogP contribution is 2.45. The predicted octanol–water partition coefficient (Wildman–Crippen LogP) is 4.96. The topological polar surface area (TPSA) is 107 Å². The van der Waals surface area contributed by atoms with Crippen LogP contribution in [0.1, 0.15) is 30.0 Å². The van der Waals surface area contributed by atoms with Gasteiger partial charge in [-0.2, -0.15) is 8.75 Å². The van der Waals surface area contributed by atoms with Crippen molar-refractivity contribution in [1.29, 1.82) is 0 Å². The van der Waals surface area contributed by atoms with Gasteiger partial charge in [0.15, 0.2) is 11.6 Å². The largest absolute Gasteiger partial charge is 0.491 e. The number of rotatable bonds is 7. The summed E-state index contributed by atoms with van der Waals surface area (Å²) in [6.45, 7) is 2.27. The van der Waals surface area contributed by atoms with E-state index in [0.717, 1.165) is 23.4 Å². The molecule has 0 fully saturated rings. The first-order valence-electron chi connectivity index (χ1n) is 12.0. The molecule has 6 rings (SSSR count). The lowest BCUT2D eigenvalue weighted by Gasteiger charge is -2.26. The van der Waals surface area contributed by atoms with Crippen LogP contribution in [0, 0.1) is 5.82 Å². The molecule has 0 saturated carbocycles. The Balaban J connectivity index is 1.50. The Morgan fingerprint density at radius 1 is 0.974 bits per heavy atom. The molecule has 1 unspecified atom stereocenters. The molecule has 0 aliphatic carbocycles. The number of carbonyl (C=O) groups excluding carboxylic acids is 1. The number of benzene rings is 3. The van der Waals surface area contributed by atoms with E-state index in [4.69, 9.17) is 9.47 Å². The summed E-state index contributed by atoms with van der Waals surface area (Å²) in [5, 5.41) is 11.9. The summed E-state index contributed by atoms with van der Waals surface area (Å²) in [6.07, 6.45) is 4.05. The second kappa shape index (κ2) is 9.55. The zero-order chi connectivity index (χ0) is 26.3. The number of fused-ring (bicyclic) bond motifs is 2. The number of aliphatic hydroxyl groups is 1. The molecule has 1 N–H and O–H groups in total. The number of aromatic nitrogens is 4. The van der Waals surface area contributed by atoms with E-state index in [1.54, 1.807) is 30.6 Å². The van der Waals surface area contributed by atoms with E-state index >= 15 is 0 Å². The van der Waals surface area contributed by atoms with Crippen LogP contribution in [0.5, 0.6) is 5.75 Å². The van der Waals surface area contributed by atoms with Gasteiger partial charge >= 0.3 is 5.97 Å². The Morgan fingerprint density at radius 3 is 2.58 bits per heavy atom. The smallest absolute Gasteiger partial charge is 0.342 e. The first-order valence-corrected chi connectivity index (χ1v) is 12.7. The van der Waals surface area contributed by atoms with Gasteiger partial charge in [0.1, 0.15) is 11.0 Å². The van der Waals surface area contributed by atoms with Gasteiger partial charge < -0.3 is 14.6 Å². The van der Waals surface area contributed by atoms with Crippen molar-refractivity contribution in [2.75, 3.05) is 6.61 Å². The minimum Gasteiger partial charge on any atom is -0.491 e. The van der Waals surface area contributed by atoms with Crippen molar-refractivity contribution < 1.29 is 23.8 Å². The van der Waals surface area contributed by atoms with E-state index < -0.39 is 17.6 Å². The van der Waals surface area contributed by atoms with Gasteiger partial charge in [0.05, 0.1) is 34.9 Å². The summed E-state index contributed by atoms with van der Waals surface area (Å²) >= 11 is 1.07. The van der Waals surface area contributed by atoms with Crippen LogP contribution in [0.3, 0.4) is 0 Å². The molecule has 0 radical (unpaired) electrons. The number of esters is 1. The molecule has 8 nitrogen and oxygen atoms in total. The van der Waals surface area contributed by atoms with Gasteiger partial charge in [-0.25, -0.2) is 9.18 Å².